The number of nitrogens with zero attached hydrogens (tertiary/aromatic N) is 2. The van der Waals surface area contributed by atoms with E-state index in [4.69, 9.17) is 10.3 Å². The normalized spacial score (nSPS) is 11.8. The van der Waals surface area contributed by atoms with Crippen LogP contribution in [0.3, 0.4) is 0 Å². The summed E-state index contributed by atoms with van der Waals surface area (Å²) in [4.78, 5) is 3.29. The second kappa shape index (κ2) is 8.13. The standard InChI is InChI=1S/C16H16F3N5O/c1-25-14-4-2-11(3-5-14)22-9-13(24-20)10-23-12-6-7-21-15(8-12)16(17,18)19/h2-9,20,22H,10H2,1H3,(H,21,23)/b13-9-,24-20?. The molecule has 9 heteroatoms. The molecule has 1 aromatic carbocycles. The van der Waals surface area contributed by atoms with E-state index in [1.54, 1.807) is 31.4 Å². The van der Waals surface area contributed by atoms with Gasteiger partial charge >= 0.3 is 6.18 Å². The van der Waals surface area contributed by atoms with Crippen molar-refractivity contribution in [3.8, 4) is 5.75 Å². The maximum absolute atomic E-state index is 12.6. The third-order valence-electron chi connectivity index (χ3n) is 3.16. The Balaban J connectivity index is 1.98. The zero-order valence-corrected chi connectivity index (χ0v) is 13.3. The van der Waals surface area contributed by atoms with Crippen molar-refractivity contribution in [3.63, 3.8) is 0 Å². The number of hydrogen-bond donors (Lipinski definition) is 3. The molecule has 1 heterocycles. The van der Waals surface area contributed by atoms with Crippen molar-refractivity contribution in [2.75, 3.05) is 24.3 Å². The van der Waals surface area contributed by atoms with E-state index in [1.165, 1.54) is 12.3 Å². The molecule has 0 radical (unpaired) electrons. The van der Waals surface area contributed by atoms with Gasteiger partial charge in [0.2, 0.25) is 0 Å². The predicted octanol–water partition coefficient (Wildman–Crippen LogP) is 4.51. The van der Waals surface area contributed by atoms with Gasteiger partial charge in [-0.1, -0.05) is 0 Å². The van der Waals surface area contributed by atoms with Crippen molar-refractivity contribution in [2.24, 2.45) is 5.11 Å². The van der Waals surface area contributed by atoms with Crippen LogP contribution in [0.2, 0.25) is 0 Å². The summed E-state index contributed by atoms with van der Waals surface area (Å²) in [6.07, 6.45) is -1.94. The van der Waals surface area contributed by atoms with E-state index in [-0.39, 0.29) is 12.2 Å². The van der Waals surface area contributed by atoms with E-state index in [2.05, 4.69) is 20.7 Å². The molecule has 0 unspecified atom stereocenters. The zero-order valence-electron chi connectivity index (χ0n) is 13.3. The van der Waals surface area contributed by atoms with Gasteiger partial charge in [-0.2, -0.15) is 18.3 Å². The molecule has 0 saturated carbocycles. The number of hydrogen-bond acceptors (Lipinski definition) is 6. The molecule has 0 fully saturated rings. The summed E-state index contributed by atoms with van der Waals surface area (Å²) < 4.78 is 42.9. The second-order valence-corrected chi connectivity index (χ2v) is 4.90. The Bertz CT molecular complexity index is 744. The van der Waals surface area contributed by atoms with Crippen molar-refractivity contribution in [1.29, 1.82) is 5.53 Å². The number of nitrogens with one attached hydrogen (secondary N) is 3. The monoisotopic (exact) mass is 351 g/mol. The molecule has 0 aliphatic rings. The summed E-state index contributed by atoms with van der Waals surface area (Å²) >= 11 is 0. The van der Waals surface area contributed by atoms with Crippen LogP contribution in [0, 0.1) is 5.53 Å². The average Bonchev–Trinajstić information content (AvgIpc) is 2.62. The van der Waals surface area contributed by atoms with Crippen LogP contribution < -0.4 is 15.4 Å². The van der Waals surface area contributed by atoms with Gasteiger partial charge in [0.15, 0.2) is 0 Å². The van der Waals surface area contributed by atoms with Crippen LogP contribution in [0.1, 0.15) is 5.69 Å². The van der Waals surface area contributed by atoms with E-state index in [0.717, 1.165) is 18.0 Å². The Morgan fingerprint density at radius 1 is 1.24 bits per heavy atom. The lowest BCUT2D eigenvalue weighted by atomic mass is 10.3. The summed E-state index contributed by atoms with van der Waals surface area (Å²) in [6, 6.07) is 9.40. The van der Waals surface area contributed by atoms with Gasteiger partial charge in [0.1, 0.15) is 11.4 Å². The van der Waals surface area contributed by atoms with Crippen LogP contribution in [-0.2, 0) is 6.18 Å². The summed E-state index contributed by atoms with van der Waals surface area (Å²) in [7, 11) is 1.56. The summed E-state index contributed by atoms with van der Waals surface area (Å²) in [5.74, 6) is 0.708. The fourth-order valence-corrected chi connectivity index (χ4v) is 1.86. The SMILES string of the molecule is COc1ccc(N/C=C(/CNc2ccnc(C(F)(F)F)c2)N=N)cc1. The smallest absolute Gasteiger partial charge is 0.433 e. The molecular formula is C16H16F3N5O. The third-order valence-corrected chi connectivity index (χ3v) is 3.16. The molecule has 0 saturated heterocycles. The van der Waals surface area contributed by atoms with Crippen LogP contribution in [0.5, 0.6) is 5.75 Å². The maximum atomic E-state index is 12.6. The molecule has 2 aromatic rings. The highest BCUT2D eigenvalue weighted by molar-refractivity contribution is 5.49. The number of anilines is 2. The molecule has 0 amide bonds. The molecule has 0 aliphatic heterocycles. The van der Waals surface area contributed by atoms with Crippen LogP contribution >= 0.6 is 0 Å². The molecule has 2 rings (SSSR count). The quantitative estimate of drug-likeness (QED) is 0.641. The Hall–Kier alpha value is -3.10. The van der Waals surface area contributed by atoms with Gasteiger partial charge in [-0.3, -0.25) is 4.98 Å². The lowest BCUT2D eigenvalue weighted by molar-refractivity contribution is -0.141. The van der Waals surface area contributed by atoms with Crippen molar-refractivity contribution in [1.82, 2.24) is 4.98 Å². The van der Waals surface area contributed by atoms with Crippen molar-refractivity contribution < 1.29 is 17.9 Å². The van der Waals surface area contributed by atoms with Gasteiger partial charge in [-0.25, -0.2) is 5.53 Å². The second-order valence-electron chi connectivity index (χ2n) is 4.90. The molecular weight excluding hydrogens is 335 g/mol. The van der Waals surface area contributed by atoms with Crippen LogP contribution in [0.25, 0.3) is 0 Å². The predicted molar refractivity (Wildman–Crippen MR) is 87.6 cm³/mol. The lowest BCUT2D eigenvalue weighted by Gasteiger charge is -2.10. The lowest BCUT2D eigenvalue weighted by Crippen LogP contribution is -2.10. The van der Waals surface area contributed by atoms with Crippen LogP contribution in [-0.4, -0.2) is 18.6 Å². The fourth-order valence-electron chi connectivity index (χ4n) is 1.86. The van der Waals surface area contributed by atoms with Gasteiger partial charge in [-0.05, 0) is 36.4 Å². The van der Waals surface area contributed by atoms with E-state index in [0.29, 0.717) is 11.4 Å². The highest BCUT2D eigenvalue weighted by Gasteiger charge is 2.32. The van der Waals surface area contributed by atoms with Crippen LogP contribution in [0.15, 0.2) is 59.6 Å². The zero-order chi connectivity index (χ0) is 18.3. The molecule has 132 valence electrons. The van der Waals surface area contributed by atoms with Crippen molar-refractivity contribution in [2.45, 2.75) is 6.18 Å². The number of rotatable bonds is 7. The number of halogens is 3. The topological polar surface area (TPSA) is 82.4 Å². The number of benzene rings is 1. The number of methoxy groups -OCH3 is 1. The van der Waals surface area contributed by atoms with Gasteiger partial charge in [0.05, 0.1) is 19.4 Å². The molecule has 0 atom stereocenters. The Morgan fingerprint density at radius 3 is 2.56 bits per heavy atom. The molecule has 0 spiro atoms. The first-order valence-corrected chi connectivity index (χ1v) is 7.16. The molecule has 6 nitrogen and oxygen atoms in total. The number of ether oxygens (including phenoxy) is 1. The van der Waals surface area contributed by atoms with Crippen molar-refractivity contribution >= 4 is 11.4 Å². The van der Waals surface area contributed by atoms with E-state index in [1.807, 2.05) is 0 Å². The fraction of sp³-hybridized carbons (Fsp3) is 0.188. The highest BCUT2D eigenvalue weighted by Crippen LogP contribution is 2.28. The van der Waals surface area contributed by atoms with E-state index < -0.39 is 11.9 Å². The first-order chi connectivity index (χ1) is 11.9. The molecule has 0 bridgehead atoms. The minimum Gasteiger partial charge on any atom is -0.497 e. The number of pyridine rings is 1. The molecule has 1 aromatic heterocycles. The number of aromatic nitrogens is 1. The number of alkyl halides is 3. The first-order valence-electron chi connectivity index (χ1n) is 7.16. The molecule has 3 N–H and O–H groups in total. The molecule has 25 heavy (non-hydrogen) atoms. The summed E-state index contributed by atoms with van der Waals surface area (Å²) in [6.45, 7) is 0.0773. The first kappa shape index (κ1) is 18.2. The van der Waals surface area contributed by atoms with Crippen LogP contribution in [0.4, 0.5) is 24.5 Å². The minimum absolute atomic E-state index is 0.0773. The largest absolute Gasteiger partial charge is 0.497 e. The van der Waals surface area contributed by atoms with Crippen molar-refractivity contribution in [3.05, 3.63) is 60.2 Å². The van der Waals surface area contributed by atoms with E-state index in [9.17, 15) is 13.2 Å². The van der Waals surface area contributed by atoms with E-state index >= 15 is 0 Å². The van der Waals surface area contributed by atoms with Gasteiger partial charge in [0.25, 0.3) is 0 Å². The van der Waals surface area contributed by atoms with Gasteiger partial charge in [-0.15, -0.1) is 0 Å². The third kappa shape index (κ3) is 5.48. The summed E-state index contributed by atoms with van der Waals surface area (Å²) in [5, 5.41) is 9.08. The van der Waals surface area contributed by atoms with Gasteiger partial charge in [0, 0.05) is 23.8 Å². The van der Waals surface area contributed by atoms with Gasteiger partial charge < -0.3 is 15.4 Å². The Kier molecular flexibility index (Phi) is 5.93. The molecule has 0 aliphatic carbocycles. The maximum Gasteiger partial charge on any atom is 0.433 e. The summed E-state index contributed by atoms with van der Waals surface area (Å²) in [5.41, 5.74) is 7.48. The highest BCUT2D eigenvalue weighted by atomic mass is 19.4. The minimum atomic E-state index is -4.51. The average molecular weight is 351 g/mol. The Labute approximate surface area is 142 Å². The Morgan fingerprint density at radius 2 is 1.96 bits per heavy atom.